The minimum atomic E-state index is -3.05. The number of carbonyl (C=O) groups excluding carboxylic acids is 1. The zero-order valence-electron chi connectivity index (χ0n) is 16.7. The molecule has 158 valence electrons. The smallest absolute Gasteiger partial charge is 0.233 e. The molecular formula is C19H25ClN4O3S2. The van der Waals surface area contributed by atoms with Crippen LogP contribution in [0.3, 0.4) is 0 Å². The van der Waals surface area contributed by atoms with Gasteiger partial charge in [-0.25, -0.2) is 8.42 Å². The summed E-state index contributed by atoms with van der Waals surface area (Å²) < 4.78 is 25.6. The van der Waals surface area contributed by atoms with Gasteiger partial charge in [-0.3, -0.25) is 4.79 Å². The van der Waals surface area contributed by atoms with Gasteiger partial charge in [0.1, 0.15) is 0 Å². The van der Waals surface area contributed by atoms with E-state index in [1.54, 1.807) is 17.0 Å². The highest BCUT2D eigenvalue weighted by Crippen LogP contribution is 2.25. The van der Waals surface area contributed by atoms with Crippen LogP contribution < -0.4 is 0 Å². The molecule has 0 N–H and O–H groups in total. The van der Waals surface area contributed by atoms with Crippen LogP contribution in [-0.4, -0.2) is 63.8 Å². The largest absolute Gasteiger partial charge is 0.338 e. The van der Waals surface area contributed by atoms with Crippen LogP contribution in [-0.2, 0) is 21.7 Å². The summed E-state index contributed by atoms with van der Waals surface area (Å²) in [6, 6.07) is 7.09. The fourth-order valence-electron chi connectivity index (χ4n) is 3.37. The van der Waals surface area contributed by atoms with Gasteiger partial charge in [0.15, 0.2) is 20.8 Å². The van der Waals surface area contributed by atoms with E-state index in [0.29, 0.717) is 29.0 Å². The Kier molecular flexibility index (Phi) is 6.90. The second kappa shape index (κ2) is 9.06. The maximum Gasteiger partial charge on any atom is 0.233 e. The standard InChI is InChI=1S/C19H25ClN4O3S2/c1-13(2)10-24(16-8-9-29(26,27)12-16)17(25)11-28-19-22-21-18(23(19)3)14-4-6-15(20)7-5-14/h4-7,13,16H,8-12H2,1-3H3. The van der Waals surface area contributed by atoms with Crippen LogP contribution in [0.15, 0.2) is 29.4 Å². The Balaban J connectivity index is 1.69. The number of rotatable bonds is 7. The molecule has 1 saturated heterocycles. The highest BCUT2D eigenvalue weighted by atomic mass is 35.5. The fraction of sp³-hybridized carbons (Fsp3) is 0.526. The molecule has 1 aliphatic rings. The van der Waals surface area contributed by atoms with E-state index in [4.69, 9.17) is 11.6 Å². The zero-order chi connectivity index (χ0) is 21.2. The minimum absolute atomic E-state index is 0.0564. The van der Waals surface area contributed by atoms with E-state index in [2.05, 4.69) is 10.2 Å². The summed E-state index contributed by atoms with van der Waals surface area (Å²) in [6.07, 6.45) is 0.510. The number of carbonyl (C=O) groups is 1. The van der Waals surface area contributed by atoms with Crippen LogP contribution in [0.25, 0.3) is 11.4 Å². The van der Waals surface area contributed by atoms with Crippen molar-refractivity contribution in [3.8, 4) is 11.4 Å². The number of sulfone groups is 1. The molecule has 1 aromatic carbocycles. The quantitative estimate of drug-likeness (QED) is 0.595. The van der Waals surface area contributed by atoms with Gasteiger partial charge in [-0.15, -0.1) is 10.2 Å². The Labute approximate surface area is 180 Å². The molecule has 0 saturated carbocycles. The Morgan fingerprint density at radius 1 is 1.31 bits per heavy atom. The first-order chi connectivity index (χ1) is 13.7. The van der Waals surface area contributed by atoms with Crippen molar-refractivity contribution < 1.29 is 13.2 Å². The zero-order valence-corrected chi connectivity index (χ0v) is 19.1. The van der Waals surface area contributed by atoms with Crippen molar-refractivity contribution in [2.75, 3.05) is 23.8 Å². The summed E-state index contributed by atoms with van der Waals surface area (Å²) in [6.45, 7) is 4.60. The van der Waals surface area contributed by atoms with E-state index < -0.39 is 9.84 Å². The van der Waals surface area contributed by atoms with Crippen LogP contribution in [0, 0.1) is 5.92 Å². The third-order valence-corrected chi connectivity index (χ3v) is 7.80. The van der Waals surface area contributed by atoms with E-state index in [-0.39, 0.29) is 35.1 Å². The van der Waals surface area contributed by atoms with Crippen LogP contribution in [0.2, 0.25) is 5.02 Å². The molecule has 0 bridgehead atoms. The highest BCUT2D eigenvalue weighted by Gasteiger charge is 2.34. The Morgan fingerprint density at radius 2 is 2.00 bits per heavy atom. The van der Waals surface area contributed by atoms with Crippen molar-refractivity contribution in [1.82, 2.24) is 19.7 Å². The molecule has 1 aromatic heterocycles. The third kappa shape index (κ3) is 5.52. The monoisotopic (exact) mass is 456 g/mol. The maximum absolute atomic E-state index is 12.9. The highest BCUT2D eigenvalue weighted by molar-refractivity contribution is 7.99. The summed E-state index contributed by atoms with van der Waals surface area (Å²) in [7, 11) is -1.20. The molecule has 1 unspecified atom stereocenters. The first-order valence-electron chi connectivity index (χ1n) is 9.44. The average molecular weight is 457 g/mol. The van der Waals surface area contributed by atoms with E-state index in [0.717, 1.165) is 5.56 Å². The molecule has 29 heavy (non-hydrogen) atoms. The van der Waals surface area contributed by atoms with Crippen molar-refractivity contribution in [2.24, 2.45) is 13.0 Å². The molecule has 2 heterocycles. The van der Waals surface area contributed by atoms with Crippen molar-refractivity contribution in [1.29, 1.82) is 0 Å². The van der Waals surface area contributed by atoms with Crippen LogP contribution in [0.5, 0.6) is 0 Å². The summed E-state index contributed by atoms with van der Waals surface area (Å²) >= 11 is 7.25. The molecular weight excluding hydrogens is 432 g/mol. The van der Waals surface area contributed by atoms with Gasteiger partial charge in [0.2, 0.25) is 5.91 Å². The van der Waals surface area contributed by atoms with Gasteiger partial charge in [0.25, 0.3) is 0 Å². The number of amides is 1. The summed E-state index contributed by atoms with van der Waals surface area (Å²) in [5.74, 6) is 1.29. The van der Waals surface area contributed by atoms with Gasteiger partial charge in [-0.1, -0.05) is 37.2 Å². The van der Waals surface area contributed by atoms with Crippen molar-refractivity contribution in [2.45, 2.75) is 31.5 Å². The number of halogens is 1. The van der Waals surface area contributed by atoms with Gasteiger partial charge in [0, 0.05) is 30.2 Å². The first-order valence-corrected chi connectivity index (χ1v) is 12.6. The molecule has 10 heteroatoms. The number of hydrogen-bond acceptors (Lipinski definition) is 6. The van der Waals surface area contributed by atoms with Crippen molar-refractivity contribution in [3.05, 3.63) is 29.3 Å². The minimum Gasteiger partial charge on any atom is -0.338 e. The summed E-state index contributed by atoms with van der Waals surface area (Å²) in [5, 5.41) is 9.71. The molecule has 1 fully saturated rings. The molecule has 1 amide bonds. The van der Waals surface area contributed by atoms with Gasteiger partial charge in [-0.05, 0) is 36.6 Å². The molecule has 7 nitrogen and oxygen atoms in total. The lowest BCUT2D eigenvalue weighted by Gasteiger charge is -2.29. The van der Waals surface area contributed by atoms with E-state index in [1.807, 2.05) is 37.6 Å². The number of benzene rings is 1. The normalized spacial score (nSPS) is 18.3. The SMILES string of the molecule is CC(C)CN(C(=O)CSc1nnc(-c2ccc(Cl)cc2)n1C)C1CCS(=O)(=O)C1. The van der Waals surface area contributed by atoms with Crippen LogP contribution >= 0.6 is 23.4 Å². The van der Waals surface area contributed by atoms with Crippen molar-refractivity contribution >= 4 is 39.1 Å². The summed E-state index contributed by atoms with van der Waals surface area (Å²) in [5.41, 5.74) is 0.889. The first kappa shape index (κ1) is 22.1. The number of aromatic nitrogens is 3. The molecule has 0 aliphatic carbocycles. The molecule has 1 atom stereocenters. The van der Waals surface area contributed by atoms with Gasteiger partial charge >= 0.3 is 0 Å². The van der Waals surface area contributed by atoms with Crippen LogP contribution in [0.1, 0.15) is 20.3 Å². The molecule has 2 aromatic rings. The second-order valence-corrected chi connectivity index (χ2v) is 11.3. The van der Waals surface area contributed by atoms with Gasteiger partial charge < -0.3 is 9.47 Å². The Morgan fingerprint density at radius 3 is 2.59 bits per heavy atom. The predicted molar refractivity (Wildman–Crippen MR) is 116 cm³/mol. The van der Waals surface area contributed by atoms with Gasteiger partial charge in [-0.2, -0.15) is 0 Å². The second-order valence-electron chi connectivity index (χ2n) is 7.66. The van der Waals surface area contributed by atoms with Gasteiger partial charge in [0.05, 0.1) is 17.3 Å². The van der Waals surface area contributed by atoms with Crippen LogP contribution in [0.4, 0.5) is 0 Å². The fourth-order valence-corrected chi connectivity index (χ4v) is 6.02. The lowest BCUT2D eigenvalue weighted by atomic mass is 10.1. The molecule has 3 rings (SSSR count). The number of hydrogen-bond donors (Lipinski definition) is 0. The van der Waals surface area contributed by atoms with Crippen molar-refractivity contribution in [3.63, 3.8) is 0 Å². The lowest BCUT2D eigenvalue weighted by molar-refractivity contribution is -0.130. The Bertz CT molecular complexity index is 974. The van der Waals surface area contributed by atoms with E-state index in [9.17, 15) is 13.2 Å². The Hall–Kier alpha value is -1.58. The van der Waals surface area contributed by atoms with E-state index >= 15 is 0 Å². The summed E-state index contributed by atoms with van der Waals surface area (Å²) in [4.78, 5) is 14.6. The molecule has 0 radical (unpaired) electrons. The number of thioether (sulfide) groups is 1. The topological polar surface area (TPSA) is 85.2 Å². The average Bonchev–Trinajstić information content (AvgIpc) is 3.20. The van der Waals surface area contributed by atoms with E-state index in [1.165, 1.54) is 11.8 Å². The third-order valence-electron chi connectivity index (χ3n) is 4.79. The predicted octanol–water partition coefficient (Wildman–Crippen LogP) is 2.90. The molecule has 0 spiro atoms. The number of nitrogens with zero attached hydrogens (tertiary/aromatic N) is 4. The maximum atomic E-state index is 12.9. The molecule has 1 aliphatic heterocycles. The lowest BCUT2D eigenvalue weighted by Crippen LogP contribution is -2.44.